The van der Waals surface area contributed by atoms with Gasteiger partial charge in [0.15, 0.2) is 0 Å². The highest BCUT2D eigenvalue weighted by molar-refractivity contribution is 5.37. The molecule has 0 aliphatic rings. The molecule has 3 nitrogen and oxygen atoms in total. The maximum absolute atomic E-state index is 6.44. The van der Waals surface area contributed by atoms with Gasteiger partial charge in [0.05, 0.1) is 17.7 Å². The molecule has 0 saturated carbocycles. The number of nitrogens with two attached hydrogens (primary N) is 1. The lowest BCUT2D eigenvalue weighted by Crippen LogP contribution is -2.40. The molecule has 1 rings (SSSR count). The molecule has 0 bridgehead atoms. The summed E-state index contributed by atoms with van der Waals surface area (Å²) in [5.41, 5.74) is 7.08. The molecule has 0 aromatic heterocycles. The fourth-order valence-corrected chi connectivity index (χ4v) is 2.17. The van der Waals surface area contributed by atoms with Gasteiger partial charge in [-0.25, -0.2) is 0 Å². The monoisotopic (exact) mass is 265 g/mol. The Balaban J connectivity index is 3.07. The lowest BCUT2D eigenvalue weighted by Gasteiger charge is -2.35. The summed E-state index contributed by atoms with van der Waals surface area (Å²) in [6, 6.07) is 7.75. The summed E-state index contributed by atoms with van der Waals surface area (Å²) >= 11 is 0. The lowest BCUT2D eigenvalue weighted by molar-refractivity contribution is -0.0478. The molecule has 0 aliphatic carbocycles. The molecule has 3 heteroatoms. The topological polar surface area (TPSA) is 44.5 Å². The van der Waals surface area contributed by atoms with Gasteiger partial charge in [-0.15, -0.1) is 0 Å². The third-order valence-electron chi connectivity index (χ3n) is 3.45. The molecular formula is C16H27NO2. The van der Waals surface area contributed by atoms with Crippen molar-refractivity contribution in [2.75, 3.05) is 6.61 Å². The van der Waals surface area contributed by atoms with Crippen molar-refractivity contribution in [3.8, 4) is 5.75 Å². The molecule has 108 valence electrons. The van der Waals surface area contributed by atoms with Gasteiger partial charge in [0.1, 0.15) is 5.75 Å². The van der Waals surface area contributed by atoms with Crippen molar-refractivity contribution in [3.05, 3.63) is 29.8 Å². The predicted molar refractivity (Wildman–Crippen MR) is 79.5 cm³/mol. The van der Waals surface area contributed by atoms with Crippen LogP contribution < -0.4 is 10.5 Å². The van der Waals surface area contributed by atoms with Crippen LogP contribution in [0.25, 0.3) is 0 Å². The van der Waals surface area contributed by atoms with Crippen molar-refractivity contribution in [1.29, 1.82) is 0 Å². The third-order valence-corrected chi connectivity index (χ3v) is 3.45. The Morgan fingerprint density at radius 2 is 1.84 bits per heavy atom. The van der Waals surface area contributed by atoms with Crippen LogP contribution in [0.15, 0.2) is 24.3 Å². The fourth-order valence-electron chi connectivity index (χ4n) is 2.17. The molecule has 1 aromatic rings. The molecule has 0 aliphatic heterocycles. The number of ether oxygens (including phenoxy) is 2. The molecular weight excluding hydrogens is 238 g/mol. The Hall–Kier alpha value is -1.06. The lowest BCUT2D eigenvalue weighted by atomic mass is 9.88. The molecule has 1 aromatic carbocycles. The molecule has 0 amide bonds. The van der Waals surface area contributed by atoms with E-state index in [1.54, 1.807) is 0 Å². The Kier molecular flexibility index (Phi) is 5.83. The summed E-state index contributed by atoms with van der Waals surface area (Å²) in [6.45, 7) is 10.9. The Bertz CT molecular complexity index is 392. The van der Waals surface area contributed by atoms with Crippen LogP contribution in [0.3, 0.4) is 0 Å². The first-order chi connectivity index (χ1) is 8.94. The summed E-state index contributed by atoms with van der Waals surface area (Å²) in [5.74, 6) is 0.851. The normalized spacial score (nSPS) is 16.2. The number of hydrogen-bond acceptors (Lipinski definition) is 3. The summed E-state index contributed by atoms with van der Waals surface area (Å²) in [7, 11) is 0. The minimum absolute atomic E-state index is 0.133. The van der Waals surface area contributed by atoms with Gasteiger partial charge >= 0.3 is 0 Å². The van der Waals surface area contributed by atoms with Gasteiger partial charge in [0.2, 0.25) is 0 Å². The largest absolute Gasteiger partial charge is 0.491 e. The quantitative estimate of drug-likeness (QED) is 0.818. The van der Waals surface area contributed by atoms with Crippen LogP contribution in [0.1, 0.15) is 52.6 Å². The average Bonchev–Trinajstić information content (AvgIpc) is 2.38. The van der Waals surface area contributed by atoms with Crippen LogP contribution >= 0.6 is 0 Å². The zero-order valence-electron chi connectivity index (χ0n) is 12.8. The summed E-state index contributed by atoms with van der Waals surface area (Å²) < 4.78 is 11.7. The second-order valence-corrected chi connectivity index (χ2v) is 5.28. The predicted octanol–water partition coefficient (Wildman–Crippen LogP) is 3.68. The minimum atomic E-state index is -0.370. The van der Waals surface area contributed by atoms with Gasteiger partial charge in [-0.1, -0.05) is 25.1 Å². The number of hydrogen-bond donors (Lipinski definition) is 1. The third kappa shape index (κ3) is 3.95. The molecule has 2 atom stereocenters. The van der Waals surface area contributed by atoms with E-state index in [2.05, 4.69) is 13.8 Å². The zero-order valence-corrected chi connectivity index (χ0v) is 12.8. The maximum Gasteiger partial charge on any atom is 0.124 e. The smallest absolute Gasteiger partial charge is 0.124 e. The second-order valence-electron chi connectivity index (χ2n) is 5.28. The van der Waals surface area contributed by atoms with Gasteiger partial charge in [-0.3, -0.25) is 0 Å². The number of benzene rings is 1. The van der Waals surface area contributed by atoms with Crippen molar-refractivity contribution in [1.82, 2.24) is 0 Å². The van der Waals surface area contributed by atoms with E-state index in [0.717, 1.165) is 17.7 Å². The summed E-state index contributed by atoms with van der Waals surface area (Å²) in [4.78, 5) is 0. The highest BCUT2D eigenvalue weighted by Crippen LogP contribution is 2.35. The highest BCUT2D eigenvalue weighted by atomic mass is 16.5. The van der Waals surface area contributed by atoms with E-state index in [4.69, 9.17) is 15.2 Å². The van der Waals surface area contributed by atoms with Gasteiger partial charge in [-0.05, 0) is 40.2 Å². The van der Waals surface area contributed by atoms with E-state index in [0.29, 0.717) is 6.61 Å². The first-order valence-corrected chi connectivity index (χ1v) is 7.09. The van der Waals surface area contributed by atoms with Crippen LogP contribution in [0, 0.1) is 0 Å². The van der Waals surface area contributed by atoms with Crippen LogP contribution in [0.2, 0.25) is 0 Å². The second kappa shape index (κ2) is 6.92. The van der Waals surface area contributed by atoms with Gasteiger partial charge < -0.3 is 15.2 Å². The van der Waals surface area contributed by atoms with Crippen molar-refractivity contribution < 1.29 is 9.47 Å². The van der Waals surface area contributed by atoms with E-state index in [1.165, 1.54) is 0 Å². The van der Waals surface area contributed by atoms with Crippen molar-refractivity contribution >= 4 is 0 Å². The zero-order chi connectivity index (χ0) is 14.5. The Morgan fingerprint density at radius 3 is 2.37 bits per heavy atom. The fraction of sp³-hybridized carbons (Fsp3) is 0.625. The standard InChI is InChI=1S/C16H27NO2/c1-6-16(5,18-7-2)15(17)13-10-8-9-11-14(13)19-12(3)4/h8-12,15H,6-7,17H2,1-5H3. The molecule has 2 N–H and O–H groups in total. The average molecular weight is 265 g/mol. The van der Waals surface area contributed by atoms with E-state index in [9.17, 15) is 0 Å². The number of rotatable bonds is 7. The maximum atomic E-state index is 6.44. The minimum Gasteiger partial charge on any atom is -0.491 e. The van der Waals surface area contributed by atoms with E-state index >= 15 is 0 Å². The van der Waals surface area contributed by atoms with Crippen molar-refractivity contribution in [2.45, 2.75) is 58.8 Å². The molecule has 0 heterocycles. The van der Waals surface area contributed by atoms with Crippen molar-refractivity contribution in [3.63, 3.8) is 0 Å². The first-order valence-electron chi connectivity index (χ1n) is 7.09. The van der Waals surface area contributed by atoms with Gasteiger partial charge in [0, 0.05) is 12.2 Å². The molecule has 0 saturated heterocycles. The summed E-state index contributed by atoms with van der Waals surface area (Å²) in [5, 5.41) is 0. The van der Waals surface area contributed by atoms with Crippen LogP contribution in [-0.2, 0) is 4.74 Å². The van der Waals surface area contributed by atoms with E-state index in [-0.39, 0.29) is 17.7 Å². The Morgan fingerprint density at radius 1 is 1.21 bits per heavy atom. The highest BCUT2D eigenvalue weighted by Gasteiger charge is 2.33. The van der Waals surface area contributed by atoms with E-state index < -0.39 is 0 Å². The van der Waals surface area contributed by atoms with Crippen LogP contribution in [0.5, 0.6) is 5.75 Å². The Labute approximate surface area is 117 Å². The van der Waals surface area contributed by atoms with Crippen LogP contribution in [-0.4, -0.2) is 18.3 Å². The van der Waals surface area contributed by atoms with Crippen molar-refractivity contribution in [2.24, 2.45) is 5.73 Å². The molecule has 0 spiro atoms. The molecule has 2 unspecified atom stereocenters. The SMILES string of the molecule is CCOC(C)(CC)C(N)c1ccccc1OC(C)C. The van der Waals surface area contributed by atoms with Gasteiger partial charge in [-0.2, -0.15) is 0 Å². The summed E-state index contributed by atoms with van der Waals surface area (Å²) in [6.07, 6.45) is 0.992. The molecule has 0 fully saturated rings. The van der Waals surface area contributed by atoms with E-state index in [1.807, 2.05) is 45.0 Å². The van der Waals surface area contributed by atoms with Crippen LogP contribution in [0.4, 0.5) is 0 Å². The molecule has 19 heavy (non-hydrogen) atoms. The molecule has 0 radical (unpaired) electrons. The first kappa shape index (κ1) is 16.0. The van der Waals surface area contributed by atoms with Gasteiger partial charge in [0.25, 0.3) is 0 Å². The number of para-hydroxylation sites is 1.